The van der Waals surface area contributed by atoms with Crippen LogP contribution in [-0.4, -0.2) is 84.4 Å². The molecule has 11 nitrogen and oxygen atoms in total. The largest absolute Gasteiger partial charge is 0.370 e. The molecule has 0 aliphatic carbocycles. The molecule has 1 aliphatic rings. The highest BCUT2D eigenvalue weighted by Gasteiger charge is 2.25. The second-order valence-corrected chi connectivity index (χ2v) is 8.36. The molecule has 0 saturated heterocycles. The molecule has 1 unspecified atom stereocenters. The fourth-order valence-electron chi connectivity index (χ4n) is 3.06. The Morgan fingerprint density at radius 3 is 2.59 bits per heavy atom. The summed E-state index contributed by atoms with van der Waals surface area (Å²) in [7, 11) is 1.46. The number of hydrogen-bond acceptors (Lipinski definition) is 6. The Labute approximate surface area is 190 Å². The SMILES string of the molecule is CN1CC(=O)NC(C(N)=O)CSCc2ccccc2C(=O)N(CCCN=C(N)N)CC1=O. The number of carbonyl (C=O) groups excluding carboxylic acids is 4. The molecular formula is C20H29N7O4S. The highest BCUT2D eigenvalue weighted by Crippen LogP contribution is 2.20. The molecule has 12 heteroatoms. The summed E-state index contributed by atoms with van der Waals surface area (Å²) >= 11 is 1.38. The normalized spacial score (nSPS) is 18.4. The Morgan fingerprint density at radius 1 is 1.19 bits per heavy atom. The van der Waals surface area contributed by atoms with Crippen LogP contribution in [0.4, 0.5) is 0 Å². The molecule has 0 radical (unpaired) electrons. The maximum atomic E-state index is 13.3. The highest BCUT2D eigenvalue weighted by atomic mass is 32.2. The summed E-state index contributed by atoms with van der Waals surface area (Å²) in [5.74, 6) is -1.27. The van der Waals surface area contributed by atoms with Crippen molar-refractivity contribution < 1.29 is 19.2 Å². The summed E-state index contributed by atoms with van der Waals surface area (Å²) in [5.41, 5.74) is 17.3. The van der Waals surface area contributed by atoms with Crippen molar-refractivity contribution in [1.82, 2.24) is 15.1 Å². The van der Waals surface area contributed by atoms with E-state index in [1.54, 1.807) is 12.1 Å². The average Bonchev–Trinajstić information content (AvgIpc) is 2.73. The van der Waals surface area contributed by atoms with Crippen LogP contribution in [0, 0.1) is 0 Å². The summed E-state index contributed by atoms with van der Waals surface area (Å²) in [4.78, 5) is 56.6. The topological polar surface area (TPSA) is 177 Å². The number of amides is 4. The number of nitrogens with two attached hydrogens (primary N) is 3. The van der Waals surface area contributed by atoms with Crippen molar-refractivity contribution in [2.45, 2.75) is 18.2 Å². The Bertz CT molecular complexity index is 888. The second-order valence-electron chi connectivity index (χ2n) is 7.33. The van der Waals surface area contributed by atoms with Crippen molar-refractivity contribution in [3.05, 3.63) is 35.4 Å². The van der Waals surface area contributed by atoms with E-state index >= 15 is 0 Å². The molecule has 0 aromatic heterocycles. The molecule has 0 bridgehead atoms. The van der Waals surface area contributed by atoms with Gasteiger partial charge in [0.05, 0.1) is 6.54 Å². The Kier molecular flexibility index (Phi) is 9.32. The minimum absolute atomic E-state index is 0.0456. The van der Waals surface area contributed by atoms with Gasteiger partial charge in [-0.15, -0.1) is 0 Å². The summed E-state index contributed by atoms with van der Waals surface area (Å²) in [6, 6.07) is 6.20. The number of likely N-dealkylation sites (N-methyl/N-ethyl adjacent to an activating group) is 1. The second kappa shape index (κ2) is 11.9. The minimum Gasteiger partial charge on any atom is -0.370 e. The third-order valence-electron chi connectivity index (χ3n) is 4.77. The maximum Gasteiger partial charge on any atom is 0.254 e. The molecule has 4 amide bonds. The number of hydrogen-bond donors (Lipinski definition) is 4. The van der Waals surface area contributed by atoms with Gasteiger partial charge in [0.15, 0.2) is 5.96 Å². The van der Waals surface area contributed by atoms with Crippen LogP contribution < -0.4 is 22.5 Å². The van der Waals surface area contributed by atoms with Crippen LogP contribution in [0.3, 0.4) is 0 Å². The van der Waals surface area contributed by atoms with Gasteiger partial charge in [0.1, 0.15) is 12.6 Å². The lowest BCUT2D eigenvalue weighted by Crippen LogP contribution is -2.51. The molecule has 1 atom stereocenters. The van der Waals surface area contributed by atoms with Gasteiger partial charge in [-0.2, -0.15) is 11.8 Å². The predicted molar refractivity (Wildman–Crippen MR) is 123 cm³/mol. The summed E-state index contributed by atoms with van der Waals surface area (Å²) in [6.07, 6.45) is 0.457. The molecule has 0 fully saturated rings. The van der Waals surface area contributed by atoms with Crippen LogP contribution in [0.25, 0.3) is 0 Å². The standard InChI is InChI=1S/C20H29N7O4S/c1-26-9-16(28)25-15(18(21)30)12-32-11-13-5-2-3-6-14(13)19(31)27(10-17(26)29)8-4-7-24-20(22)23/h2-3,5-6,15H,4,7-12H2,1H3,(H2,21,30)(H,25,28)(H4,22,23,24). The summed E-state index contributed by atoms with van der Waals surface area (Å²) in [6.45, 7) is 0.0855. The minimum atomic E-state index is -0.881. The molecule has 0 spiro atoms. The van der Waals surface area contributed by atoms with Crippen LogP contribution >= 0.6 is 11.8 Å². The lowest BCUT2D eigenvalue weighted by molar-refractivity contribution is -0.135. The first-order valence-corrected chi connectivity index (χ1v) is 11.2. The number of nitrogens with one attached hydrogen (secondary N) is 1. The van der Waals surface area contributed by atoms with E-state index in [0.29, 0.717) is 24.3 Å². The smallest absolute Gasteiger partial charge is 0.254 e. The Hall–Kier alpha value is -3.28. The van der Waals surface area contributed by atoms with Crippen molar-refractivity contribution in [2.75, 3.05) is 39.0 Å². The van der Waals surface area contributed by atoms with Crippen LogP contribution in [0.2, 0.25) is 0 Å². The van der Waals surface area contributed by atoms with Crippen LogP contribution in [0.5, 0.6) is 0 Å². The van der Waals surface area contributed by atoms with E-state index in [9.17, 15) is 19.2 Å². The zero-order chi connectivity index (χ0) is 23.7. The van der Waals surface area contributed by atoms with Crippen LogP contribution in [-0.2, 0) is 20.1 Å². The van der Waals surface area contributed by atoms with Crippen molar-refractivity contribution >= 4 is 41.4 Å². The van der Waals surface area contributed by atoms with Gasteiger partial charge >= 0.3 is 0 Å². The highest BCUT2D eigenvalue weighted by molar-refractivity contribution is 7.98. The Balaban J connectivity index is 2.32. The fourth-order valence-corrected chi connectivity index (χ4v) is 4.13. The number of benzene rings is 1. The number of fused-ring (bicyclic) bond motifs is 1. The van der Waals surface area contributed by atoms with Crippen molar-refractivity contribution in [3.8, 4) is 0 Å². The molecule has 7 N–H and O–H groups in total. The van der Waals surface area contributed by atoms with E-state index in [1.165, 1.54) is 28.6 Å². The third kappa shape index (κ3) is 7.45. The van der Waals surface area contributed by atoms with Crippen LogP contribution in [0.1, 0.15) is 22.3 Å². The van der Waals surface area contributed by atoms with Gasteiger partial charge < -0.3 is 32.3 Å². The lowest BCUT2D eigenvalue weighted by Gasteiger charge is -2.27. The number of nitrogens with zero attached hydrogens (tertiary/aromatic N) is 3. The third-order valence-corrected chi connectivity index (χ3v) is 5.85. The Morgan fingerprint density at radius 2 is 1.91 bits per heavy atom. The number of thioether (sulfide) groups is 1. The van der Waals surface area contributed by atoms with Gasteiger partial charge in [0.25, 0.3) is 5.91 Å². The van der Waals surface area contributed by atoms with E-state index < -0.39 is 23.8 Å². The average molecular weight is 464 g/mol. The first kappa shape index (κ1) is 25.0. The molecule has 32 heavy (non-hydrogen) atoms. The molecule has 174 valence electrons. The molecule has 1 heterocycles. The van der Waals surface area contributed by atoms with E-state index in [0.717, 1.165) is 5.56 Å². The van der Waals surface area contributed by atoms with Crippen LogP contribution in [0.15, 0.2) is 29.3 Å². The molecular weight excluding hydrogens is 434 g/mol. The molecule has 1 aromatic carbocycles. The quantitative estimate of drug-likeness (QED) is 0.232. The van der Waals surface area contributed by atoms with Gasteiger partial charge in [0.2, 0.25) is 17.7 Å². The van der Waals surface area contributed by atoms with Gasteiger partial charge in [-0.3, -0.25) is 24.2 Å². The monoisotopic (exact) mass is 463 g/mol. The zero-order valence-corrected chi connectivity index (χ0v) is 18.8. The van der Waals surface area contributed by atoms with Gasteiger partial charge in [0, 0.05) is 37.2 Å². The summed E-state index contributed by atoms with van der Waals surface area (Å²) < 4.78 is 0. The fraction of sp³-hybridized carbons (Fsp3) is 0.450. The molecule has 0 saturated carbocycles. The lowest BCUT2D eigenvalue weighted by atomic mass is 10.1. The van der Waals surface area contributed by atoms with E-state index in [2.05, 4.69) is 10.3 Å². The van der Waals surface area contributed by atoms with Crippen molar-refractivity contribution in [2.24, 2.45) is 22.2 Å². The first-order valence-electron chi connectivity index (χ1n) is 10.0. The van der Waals surface area contributed by atoms with Gasteiger partial charge in [-0.1, -0.05) is 18.2 Å². The zero-order valence-electron chi connectivity index (χ0n) is 18.0. The summed E-state index contributed by atoms with van der Waals surface area (Å²) in [5, 5.41) is 2.57. The molecule has 1 aliphatic heterocycles. The number of primary amides is 1. The van der Waals surface area contributed by atoms with E-state index in [-0.39, 0.29) is 37.3 Å². The van der Waals surface area contributed by atoms with Gasteiger partial charge in [-0.25, -0.2) is 0 Å². The molecule has 2 rings (SSSR count). The van der Waals surface area contributed by atoms with Gasteiger partial charge in [-0.05, 0) is 18.1 Å². The van der Waals surface area contributed by atoms with E-state index in [1.807, 2.05) is 12.1 Å². The van der Waals surface area contributed by atoms with E-state index in [4.69, 9.17) is 17.2 Å². The first-order chi connectivity index (χ1) is 15.2. The molecule has 1 aromatic rings. The maximum absolute atomic E-state index is 13.3. The number of carbonyl (C=O) groups is 4. The number of rotatable bonds is 5. The predicted octanol–water partition coefficient (Wildman–Crippen LogP) is -1.53. The van der Waals surface area contributed by atoms with Crippen molar-refractivity contribution in [1.29, 1.82) is 0 Å². The number of aliphatic imine (C=N–C) groups is 1. The number of guanidine groups is 1. The van der Waals surface area contributed by atoms with Crippen molar-refractivity contribution in [3.63, 3.8) is 0 Å².